The predicted molar refractivity (Wildman–Crippen MR) is 476 cm³/mol. The molecule has 7 aromatic rings. The summed E-state index contributed by atoms with van der Waals surface area (Å²) in [5.41, 5.74) is 9.88. The monoisotopic (exact) mass is 1670 g/mol. The molecule has 6 unspecified atom stereocenters. The first-order valence-corrected chi connectivity index (χ1v) is 45.4. The van der Waals surface area contributed by atoms with Crippen LogP contribution in [0.3, 0.4) is 0 Å². The molecule has 6 fully saturated rings. The van der Waals surface area contributed by atoms with Gasteiger partial charge in [0.2, 0.25) is 35.4 Å². The van der Waals surface area contributed by atoms with Gasteiger partial charge in [0.1, 0.15) is 27.7 Å². The first kappa shape index (κ1) is 87.2. The summed E-state index contributed by atoms with van der Waals surface area (Å²) in [4.78, 5) is 139. The minimum absolute atomic E-state index is 0. The molecule has 0 bridgehead atoms. The SMILES string of the molecule is CC(=O)C1(c2ccccc2)CCN(C(=O)CC2SC(c3ccccc3)N(CCC(C)C)C2=O)CC1.CC(C)(C)CCN1C(=O)C(CC(=O)N2CCC(N3CCc4ccccc4NC3=O)CC2)SC1c1ccccc1-c1cccnc1.COc1cccc(C2SC(CC(=O)N3CCC(N4Cc5ccccc5NC4=O)CC3)C(=O)N2CCC(C)C)c1.[HH]. The Morgan fingerprint density at radius 3 is 1.53 bits per heavy atom. The number of para-hydroxylation sites is 2. The van der Waals surface area contributed by atoms with Crippen LogP contribution in [0, 0.1) is 17.3 Å². The Bertz CT molecular complexity index is 4710. The number of ketones is 1. The van der Waals surface area contributed by atoms with E-state index in [4.69, 9.17) is 4.74 Å². The van der Waals surface area contributed by atoms with E-state index in [0.717, 1.165) is 113 Å². The number of piperidine rings is 3. The number of rotatable bonds is 23. The summed E-state index contributed by atoms with van der Waals surface area (Å²) in [6, 6.07) is 56.0. The molecule has 0 spiro atoms. The van der Waals surface area contributed by atoms with E-state index >= 15 is 0 Å². The molecule has 24 heteroatoms. The molecular weight excluding hydrogens is 1550 g/mol. The second kappa shape index (κ2) is 39.7. The Morgan fingerprint density at radius 2 is 0.992 bits per heavy atom. The number of benzene rings is 6. The van der Waals surface area contributed by atoms with Gasteiger partial charge in [-0.2, -0.15) is 0 Å². The van der Waals surface area contributed by atoms with Crippen molar-refractivity contribution in [2.45, 2.75) is 195 Å². The summed E-state index contributed by atoms with van der Waals surface area (Å²) in [7, 11) is 1.64. The van der Waals surface area contributed by atoms with Gasteiger partial charge in [-0.25, -0.2) is 9.59 Å². The number of carbonyl (C=O) groups is 9. The van der Waals surface area contributed by atoms with Crippen molar-refractivity contribution in [1.82, 2.24) is 44.2 Å². The highest BCUT2D eigenvalue weighted by Gasteiger charge is 2.48. The minimum atomic E-state index is -0.526. The van der Waals surface area contributed by atoms with Gasteiger partial charge in [0.25, 0.3) is 0 Å². The number of hydrogen-bond acceptors (Lipinski definition) is 14. The molecule has 8 aliphatic heterocycles. The van der Waals surface area contributed by atoms with Crippen LogP contribution in [-0.4, -0.2) is 198 Å². The molecule has 2 N–H and O–H groups in total. The van der Waals surface area contributed by atoms with Crippen LogP contribution in [0.4, 0.5) is 21.0 Å². The number of ether oxygens (including phenoxy) is 1. The zero-order valence-electron chi connectivity index (χ0n) is 70.4. The number of Topliss-reactive ketones (excluding diaryl/α,β-unsaturated/α-hetero) is 1. The van der Waals surface area contributed by atoms with Crippen molar-refractivity contribution < 1.29 is 49.3 Å². The summed E-state index contributed by atoms with van der Waals surface area (Å²) in [5, 5.41) is 4.51. The van der Waals surface area contributed by atoms with Crippen LogP contribution in [0.25, 0.3) is 11.1 Å². The third kappa shape index (κ3) is 21.2. The minimum Gasteiger partial charge on any atom is -0.497 e. The third-order valence-electron chi connectivity index (χ3n) is 24.6. The fourth-order valence-electron chi connectivity index (χ4n) is 17.5. The number of nitrogens with zero attached hydrogens (tertiary/aromatic N) is 9. The average molecular weight is 1670 g/mol. The maximum absolute atomic E-state index is 14.0. The van der Waals surface area contributed by atoms with Gasteiger partial charge in [0, 0.05) is 134 Å². The van der Waals surface area contributed by atoms with E-state index < -0.39 is 15.9 Å². The van der Waals surface area contributed by atoms with E-state index in [1.54, 1.807) is 55.5 Å². The van der Waals surface area contributed by atoms with Gasteiger partial charge in [-0.05, 0) is 158 Å². The highest BCUT2D eigenvalue weighted by Crippen LogP contribution is 2.50. The fraction of sp³-hybridized carbons (Fsp3) is 0.474. The number of likely N-dealkylation sites (tertiary alicyclic amines) is 3. The molecule has 6 saturated heterocycles. The number of methoxy groups -OCH3 is 1. The maximum Gasteiger partial charge on any atom is 0.322 e. The summed E-state index contributed by atoms with van der Waals surface area (Å²) in [6.45, 7) is 23.6. The summed E-state index contributed by atoms with van der Waals surface area (Å²) in [6.07, 6.45) is 11.9. The van der Waals surface area contributed by atoms with Crippen LogP contribution in [0.1, 0.15) is 183 Å². The number of anilines is 2. The Hall–Kier alpha value is -9.65. The van der Waals surface area contributed by atoms with Gasteiger partial charge < -0.3 is 54.6 Å². The van der Waals surface area contributed by atoms with Crippen LogP contribution >= 0.6 is 35.3 Å². The molecule has 0 aliphatic carbocycles. The molecule has 15 rings (SSSR count). The number of urea groups is 2. The topological polar surface area (TPSA) is 226 Å². The fourth-order valence-corrected chi connectivity index (χ4v) is 21.9. The number of hydrogen-bond donors (Lipinski definition) is 2. The lowest BCUT2D eigenvalue weighted by Crippen LogP contribution is -2.51. The molecule has 10 amide bonds. The van der Waals surface area contributed by atoms with Crippen LogP contribution in [0.15, 0.2) is 182 Å². The lowest BCUT2D eigenvalue weighted by molar-refractivity contribution is -0.138. The normalized spacial score (nSPS) is 21.6. The molecule has 6 atom stereocenters. The standard InChI is InChI=1S/C36H43N5O3S.C30H38N4O4S.C29H36N2O3S.H2/c1-36(2,3)17-22-41-33(43)31(45-34(41)29-12-6-5-11-28(29)26-10-8-18-37-24-26)23-32(42)39-19-15-27(16-20-39)40-21-14-25-9-4-7-13-30(25)38-35(40)44;1-20(2)11-16-33-28(36)26(39-29(33)21-8-6-9-24(17-21)38-3)18-27(35)32-14-12-23(13-15-32)34-19-22-7-4-5-10-25(22)31-30(34)37;1-21(2)14-17-31-27(34)25(35-28(31)23-10-6-4-7-11-23)20-26(33)30-18-15-29(16-19-30,22(3)32)24-12-8-5-9-13-24;/h4-13,18,24,27,31,34H,14-17,19-23H2,1-3H3,(H,38,44);4-10,17,20,23,26,29H,11-16,18-19H2,1-3H3,(H,31,37);4-13,21,25,28H,14-20H2,1-3H3;1H. The van der Waals surface area contributed by atoms with Crippen molar-refractivity contribution in [1.29, 1.82) is 0 Å². The molecule has 21 nitrogen and oxygen atoms in total. The zero-order valence-corrected chi connectivity index (χ0v) is 72.8. The number of amides is 10. The van der Waals surface area contributed by atoms with Gasteiger partial charge in [0.05, 0.1) is 28.3 Å². The molecule has 1 aromatic heterocycles. The van der Waals surface area contributed by atoms with Crippen LogP contribution < -0.4 is 15.4 Å². The number of aromatic nitrogens is 1. The number of nitrogens with one attached hydrogen (secondary N) is 2. The molecule has 6 aromatic carbocycles. The number of pyridine rings is 1. The Kier molecular flexibility index (Phi) is 29.1. The van der Waals surface area contributed by atoms with Crippen molar-refractivity contribution in [3.8, 4) is 16.9 Å². The van der Waals surface area contributed by atoms with Crippen molar-refractivity contribution in [2.24, 2.45) is 17.3 Å². The lowest BCUT2D eigenvalue weighted by atomic mass is 9.70. The van der Waals surface area contributed by atoms with Gasteiger partial charge >= 0.3 is 12.1 Å². The van der Waals surface area contributed by atoms with Crippen molar-refractivity contribution >= 4 is 99.9 Å². The second-order valence-corrected chi connectivity index (χ2v) is 38.5. The highest BCUT2D eigenvalue weighted by molar-refractivity contribution is 8.01. The lowest BCUT2D eigenvalue weighted by Gasteiger charge is -2.40. The van der Waals surface area contributed by atoms with Gasteiger partial charge in [-0.3, -0.25) is 38.5 Å². The van der Waals surface area contributed by atoms with E-state index in [9.17, 15) is 43.2 Å². The molecule has 0 saturated carbocycles. The summed E-state index contributed by atoms with van der Waals surface area (Å²) in [5.74, 6) is 2.10. The molecular formula is C95H119N11O10S3. The zero-order chi connectivity index (χ0) is 84.1. The van der Waals surface area contributed by atoms with Gasteiger partial charge in [-0.15, -0.1) is 35.3 Å². The van der Waals surface area contributed by atoms with Gasteiger partial charge in [-0.1, -0.05) is 188 Å². The number of thioether (sulfide) groups is 3. The molecule has 632 valence electrons. The number of fused-ring (bicyclic) bond motifs is 2. The first-order chi connectivity index (χ1) is 57.3. The highest BCUT2D eigenvalue weighted by atomic mass is 32.2. The summed E-state index contributed by atoms with van der Waals surface area (Å²) >= 11 is 4.77. The van der Waals surface area contributed by atoms with Crippen LogP contribution in [0.2, 0.25) is 0 Å². The second-order valence-electron chi connectivity index (χ2n) is 34.7. The Morgan fingerprint density at radius 1 is 0.521 bits per heavy atom. The predicted octanol–water partition coefficient (Wildman–Crippen LogP) is 17.2. The van der Waals surface area contributed by atoms with E-state index in [1.165, 1.54) is 0 Å². The van der Waals surface area contributed by atoms with Crippen molar-refractivity contribution in [3.63, 3.8) is 0 Å². The quantitative estimate of drug-likeness (QED) is 0.0608. The molecule has 9 heterocycles. The van der Waals surface area contributed by atoms with E-state index in [2.05, 4.69) is 94.4 Å². The van der Waals surface area contributed by atoms with E-state index in [1.807, 2.05) is 185 Å². The average Bonchev–Trinajstić information content (AvgIpc) is 1.74. The maximum atomic E-state index is 14.0. The van der Waals surface area contributed by atoms with Crippen LogP contribution in [0.5, 0.6) is 5.75 Å². The third-order valence-corrected chi connectivity index (χ3v) is 29.1. The first-order valence-electron chi connectivity index (χ1n) is 42.6. The molecule has 0 radical (unpaired) electrons. The number of carbonyl (C=O) groups excluding carboxylic acids is 9. The van der Waals surface area contributed by atoms with Crippen molar-refractivity contribution in [2.75, 3.05) is 83.2 Å². The van der Waals surface area contributed by atoms with E-state index in [0.29, 0.717) is 96.7 Å². The van der Waals surface area contributed by atoms with Crippen LogP contribution in [-0.2, 0) is 51.9 Å². The largest absolute Gasteiger partial charge is 0.497 e. The smallest absolute Gasteiger partial charge is 0.322 e. The van der Waals surface area contributed by atoms with E-state index in [-0.39, 0.29) is 113 Å². The summed E-state index contributed by atoms with van der Waals surface area (Å²) < 4.78 is 5.42. The Balaban J connectivity index is 0.000000166. The molecule has 119 heavy (non-hydrogen) atoms. The Labute approximate surface area is 716 Å². The van der Waals surface area contributed by atoms with Crippen molar-refractivity contribution in [3.05, 3.63) is 216 Å². The van der Waals surface area contributed by atoms with Gasteiger partial charge in [0.15, 0.2) is 0 Å². The molecule has 8 aliphatic rings.